The van der Waals surface area contributed by atoms with E-state index in [2.05, 4.69) is 9.97 Å². The second kappa shape index (κ2) is 3.03. The number of rotatable bonds is 2. The molecule has 0 amide bonds. The normalized spacial score (nSPS) is 9.30. The first-order valence-electron chi connectivity index (χ1n) is 2.84. The first-order chi connectivity index (χ1) is 4.84. The molecule has 10 heavy (non-hydrogen) atoms. The molecule has 0 atom stereocenters. The fourth-order valence-electron chi connectivity index (χ4n) is 0.548. The Labute approximate surface area is 58.1 Å². The fraction of sp³-hybridized carbons (Fsp3) is 0.167. The van der Waals surface area contributed by atoms with Gasteiger partial charge in [-0.25, -0.2) is 4.98 Å². The molecule has 1 rings (SSSR count). The van der Waals surface area contributed by atoms with Crippen molar-refractivity contribution in [2.75, 3.05) is 6.54 Å². The molecule has 4 heteroatoms. The number of hydrogen-bond donors (Lipinski definition) is 1. The molecular formula is C6H7N3O. The molecule has 0 aliphatic heterocycles. The van der Waals surface area contributed by atoms with Gasteiger partial charge in [0.25, 0.3) is 0 Å². The van der Waals surface area contributed by atoms with Gasteiger partial charge in [-0.3, -0.25) is 9.78 Å². The standard InChI is InChI=1S/C6H7N3O/c7-3-6(10)5-4-8-1-2-9-5/h1-2,4H,3,7H2. The lowest BCUT2D eigenvalue weighted by atomic mass is 10.3. The number of aromatic nitrogens is 2. The molecule has 0 aliphatic rings. The third kappa shape index (κ3) is 1.35. The van der Waals surface area contributed by atoms with Crippen LogP contribution in [0, 0.1) is 0 Å². The topological polar surface area (TPSA) is 68.9 Å². The van der Waals surface area contributed by atoms with E-state index in [0.717, 1.165) is 0 Å². The molecular weight excluding hydrogens is 130 g/mol. The average molecular weight is 137 g/mol. The molecule has 0 radical (unpaired) electrons. The van der Waals surface area contributed by atoms with E-state index < -0.39 is 0 Å². The van der Waals surface area contributed by atoms with E-state index in [0.29, 0.717) is 5.69 Å². The van der Waals surface area contributed by atoms with Crippen LogP contribution in [0.5, 0.6) is 0 Å². The molecule has 4 nitrogen and oxygen atoms in total. The maximum absolute atomic E-state index is 10.8. The van der Waals surface area contributed by atoms with Crippen molar-refractivity contribution in [3.05, 3.63) is 24.3 Å². The van der Waals surface area contributed by atoms with E-state index in [1.807, 2.05) is 0 Å². The minimum atomic E-state index is -0.187. The summed E-state index contributed by atoms with van der Waals surface area (Å²) in [7, 11) is 0. The Hall–Kier alpha value is -1.29. The molecule has 0 aromatic carbocycles. The van der Waals surface area contributed by atoms with Crippen LogP contribution >= 0.6 is 0 Å². The van der Waals surface area contributed by atoms with E-state index in [1.165, 1.54) is 18.6 Å². The summed E-state index contributed by atoms with van der Waals surface area (Å²) in [5.41, 5.74) is 5.41. The van der Waals surface area contributed by atoms with Crippen LogP contribution in [-0.4, -0.2) is 22.3 Å². The number of Topliss-reactive ketones (excluding diaryl/α,β-unsaturated/α-hetero) is 1. The van der Waals surface area contributed by atoms with E-state index in [4.69, 9.17) is 5.73 Å². The monoisotopic (exact) mass is 137 g/mol. The van der Waals surface area contributed by atoms with E-state index in [9.17, 15) is 4.79 Å². The van der Waals surface area contributed by atoms with E-state index >= 15 is 0 Å². The summed E-state index contributed by atoms with van der Waals surface area (Å²) < 4.78 is 0. The molecule has 0 spiro atoms. The van der Waals surface area contributed by atoms with Crippen molar-refractivity contribution in [3.8, 4) is 0 Å². The lowest BCUT2D eigenvalue weighted by Gasteiger charge is -1.91. The Balaban J connectivity index is 2.85. The van der Waals surface area contributed by atoms with Gasteiger partial charge in [0, 0.05) is 12.4 Å². The maximum Gasteiger partial charge on any atom is 0.196 e. The van der Waals surface area contributed by atoms with Gasteiger partial charge in [0.2, 0.25) is 0 Å². The number of nitrogens with two attached hydrogens (primary N) is 1. The van der Waals surface area contributed by atoms with Crippen LogP contribution in [0.15, 0.2) is 18.6 Å². The predicted octanol–water partition coefficient (Wildman–Crippen LogP) is -0.382. The van der Waals surface area contributed by atoms with Gasteiger partial charge in [-0.15, -0.1) is 0 Å². The predicted molar refractivity (Wildman–Crippen MR) is 35.4 cm³/mol. The number of nitrogens with zero attached hydrogens (tertiary/aromatic N) is 2. The van der Waals surface area contributed by atoms with Gasteiger partial charge in [0.05, 0.1) is 12.7 Å². The smallest absolute Gasteiger partial charge is 0.196 e. The van der Waals surface area contributed by atoms with Gasteiger partial charge >= 0.3 is 0 Å². The summed E-state index contributed by atoms with van der Waals surface area (Å²) in [6, 6.07) is 0. The van der Waals surface area contributed by atoms with Gasteiger partial charge in [-0.05, 0) is 0 Å². The fourth-order valence-corrected chi connectivity index (χ4v) is 0.548. The Kier molecular flexibility index (Phi) is 2.07. The Morgan fingerprint density at radius 1 is 1.60 bits per heavy atom. The quantitative estimate of drug-likeness (QED) is 0.564. The summed E-state index contributed by atoms with van der Waals surface area (Å²) in [5.74, 6) is -0.187. The van der Waals surface area contributed by atoms with Crippen molar-refractivity contribution >= 4 is 5.78 Å². The zero-order valence-electron chi connectivity index (χ0n) is 5.32. The molecule has 1 aromatic heterocycles. The van der Waals surface area contributed by atoms with Crippen LogP contribution in [0.25, 0.3) is 0 Å². The van der Waals surface area contributed by atoms with Crippen LogP contribution in [0.4, 0.5) is 0 Å². The van der Waals surface area contributed by atoms with Crippen LogP contribution in [0.1, 0.15) is 10.5 Å². The molecule has 0 bridgehead atoms. The number of ketones is 1. The highest BCUT2D eigenvalue weighted by atomic mass is 16.1. The Morgan fingerprint density at radius 3 is 2.90 bits per heavy atom. The third-order valence-electron chi connectivity index (χ3n) is 1.03. The molecule has 2 N–H and O–H groups in total. The van der Waals surface area contributed by atoms with Gasteiger partial charge in [0.1, 0.15) is 5.69 Å². The number of hydrogen-bond acceptors (Lipinski definition) is 4. The van der Waals surface area contributed by atoms with Crippen molar-refractivity contribution < 1.29 is 4.79 Å². The first kappa shape index (κ1) is 6.82. The summed E-state index contributed by atoms with van der Waals surface area (Å²) >= 11 is 0. The zero-order valence-corrected chi connectivity index (χ0v) is 5.32. The highest BCUT2D eigenvalue weighted by Crippen LogP contribution is 1.88. The third-order valence-corrected chi connectivity index (χ3v) is 1.03. The summed E-state index contributed by atoms with van der Waals surface area (Å²) in [4.78, 5) is 18.3. The van der Waals surface area contributed by atoms with Crippen molar-refractivity contribution in [3.63, 3.8) is 0 Å². The lowest BCUT2D eigenvalue weighted by Crippen LogP contribution is -2.14. The van der Waals surface area contributed by atoms with Crippen LogP contribution < -0.4 is 5.73 Å². The maximum atomic E-state index is 10.8. The lowest BCUT2D eigenvalue weighted by molar-refractivity contribution is 0.0996. The highest BCUT2D eigenvalue weighted by molar-refractivity contribution is 5.95. The zero-order chi connectivity index (χ0) is 7.40. The summed E-state index contributed by atoms with van der Waals surface area (Å²) in [6.45, 7) is -0.0152. The van der Waals surface area contributed by atoms with Gasteiger partial charge in [-0.2, -0.15) is 0 Å². The molecule has 0 aliphatic carbocycles. The van der Waals surface area contributed by atoms with Crippen molar-refractivity contribution in [1.29, 1.82) is 0 Å². The number of carbonyl (C=O) groups excluding carboxylic acids is 1. The highest BCUT2D eigenvalue weighted by Gasteiger charge is 2.01. The van der Waals surface area contributed by atoms with Crippen molar-refractivity contribution in [2.24, 2.45) is 5.73 Å². The molecule has 52 valence electrons. The Morgan fingerprint density at radius 2 is 2.40 bits per heavy atom. The van der Waals surface area contributed by atoms with Crippen molar-refractivity contribution in [2.45, 2.75) is 0 Å². The molecule has 0 saturated carbocycles. The second-order valence-corrected chi connectivity index (χ2v) is 1.72. The van der Waals surface area contributed by atoms with Crippen molar-refractivity contribution in [1.82, 2.24) is 9.97 Å². The van der Waals surface area contributed by atoms with Gasteiger partial charge in [0.15, 0.2) is 5.78 Å². The minimum Gasteiger partial charge on any atom is -0.324 e. The summed E-state index contributed by atoms with van der Waals surface area (Å²) in [5, 5.41) is 0. The largest absolute Gasteiger partial charge is 0.324 e. The van der Waals surface area contributed by atoms with Crippen LogP contribution in [-0.2, 0) is 0 Å². The Bertz CT molecular complexity index is 222. The molecule has 1 aromatic rings. The first-order valence-corrected chi connectivity index (χ1v) is 2.84. The van der Waals surface area contributed by atoms with E-state index in [1.54, 1.807) is 0 Å². The SMILES string of the molecule is NCC(=O)c1cnccn1. The number of carbonyl (C=O) groups is 1. The van der Waals surface area contributed by atoms with E-state index in [-0.39, 0.29) is 12.3 Å². The van der Waals surface area contributed by atoms with Gasteiger partial charge < -0.3 is 5.73 Å². The van der Waals surface area contributed by atoms with Crippen LogP contribution in [0.2, 0.25) is 0 Å². The molecule has 0 fully saturated rings. The molecule has 1 heterocycles. The molecule has 0 unspecified atom stereocenters. The summed E-state index contributed by atoms with van der Waals surface area (Å²) in [6.07, 6.45) is 4.37. The minimum absolute atomic E-state index is 0.0152. The van der Waals surface area contributed by atoms with Gasteiger partial charge in [-0.1, -0.05) is 0 Å². The molecule has 0 saturated heterocycles. The average Bonchev–Trinajstić information content (AvgIpc) is 2.05. The van der Waals surface area contributed by atoms with Crippen LogP contribution in [0.3, 0.4) is 0 Å². The second-order valence-electron chi connectivity index (χ2n) is 1.72.